The van der Waals surface area contributed by atoms with Crippen LogP contribution in [0.3, 0.4) is 0 Å². The molecule has 0 fully saturated rings. The number of nitrogens with two attached hydrogens (primary N) is 1. The maximum absolute atomic E-state index is 5.72. The summed E-state index contributed by atoms with van der Waals surface area (Å²) in [6.45, 7) is 4.08. The summed E-state index contributed by atoms with van der Waals surface area (Å²) in [7, 11) is 0. The number of rotatable bonds is 4. The molecule has 2 aromatic rings. The molecule has 0 saturated heterocycles. The lowest BCUT2D eigenvalue weighted by Crippen LogP contribution is -2.19. The van der Waals surface area contributed by atoms with Crippen LogP contribution < -0.4 is 5.73 Å². The van der Waals surface area contributed by atoms with E-state index in [0.29, 0.717) is 11.4 Å². The van der Waals surface area contributed by atoms with E-state index in [1.165, 1.54) is 5.56 Å². The summed E-state index contributed by atoms with van der Waals surface area (Å²) in [5.41, 5.74) is 9.12. The Balaban J connectivity index is 2.43. The molecule has 1 unspecified atom stereocenters. The fourth-order valence-electron chi connectivity index (χ4n) is 2.07. The number of benzene rings is 1. The molecular weight excluding hydrogens is 242 g/mol. The predicted molar refractivity (Wildman–Crippen MR) is 77.7 cm³/mol. The Morgan fingerprint density at radius 1 is 1.33 bits per heavy atom. The van der Waals surface area contributed by atoms with Crippen molar-refractivity contribution in [3.63, 3.8) is 0 Å². The van der Waals surface area contributed by atoms with E-state index in [4.69, 9.17) is 18.0 Å². The first kappa shape index (κ1) is 12.8. The molecule has 2 N–H and O–H groups in total. The molecule has 4 heteroatoms. The largest absolute Gasteiger partial charge is 0.393 e. The Hall–Kier alpha value is -1.68. The van der Waals surface area contributed by atoms with Crippen molar-refractivity contribution in [3.8, 4) is 0 Å². The lowest BCUT2D eigenvalue weighted by molar-refractivity contribution is 0.591. The summed E-state index contributed by atoms with van der Waals surface area (Å²) in [4.78, 5) is 4.87. The van der Waals surface area contributed by atoms with Crippen LogP contribution in [-0.2, 0) is 0 Å². The van der Waals surface area contributed by atoms with Gasteiger partial charge in [0.25, 0.3) is 0 Å². The van der Waals surface area contributed by atoms with Crippen LogP contribution in [-0.4, -0.2) is 14.5 Å². The minimum atomic E-state index is 0.130. The van der Waals surface area contributed by atoms with E-state index in [0.717, 1.165) is 11.4 Å². The van der Waals surface area contributed by atoms with E-state index in [-0.39, 0.29) is 6.04 Å². The minimum Gasteiger partial charge on any atom is -0.393 e. The quantitative estimate of drug-likeness (QED) is 0.859. The van der Waals surface area contributed by atoms with Crippen molar-refractivity contribution in [2.75, 3.05) is 0 Å². The second-order valence-corrected chi connectivity index (χ2v) is 4.94. The van der Waals surface area contributed by atoms with Crippen LogP contribution in [0, 0.1) is 13.8 Å². The standard InChI is InChI=1S/C14H17N3S/c1-10-11(2)17(9-16-10)13(8-14(15)18)12-6-4-3-5-7-12/h3-7,9,13H,8H2,1-2H3,(H2,15,18). The number of aryl methyl sites for hydroxylation is 1. The van der Waals surface area contributed by atoms with Crippen molar-refractivity contribution in [1.29, 1.82) is 0 Å². The third-order valence-corrected chi connectivity index (χ3v) is 3.37. The summed E-state index contributed by atoms with van der Waals surface area (Å²) in [5, 5.41) is 0. The number of hydrogen-bond acceptors (Lipinski definition) is 2. The van der Waals surface area contributed by atoms with Crippen molar-refractivity contribution < 1.29 is 0 Å². The molecule has 1 heterocycles. The van der Waals surface area contributed by atoms with Gasteiger partial charge >= 0.3 is 0 Å². The first-order valence-corrected chi connectivity index (χ1v) is 6.33. The predicted octanol–water partition coefficient (Wildman–Crippen LogP) is 2.77. The van der Waals surface area contributed by atoms with Crippen molar-refractivity contribution >= 4 is 17.2 Å². The molecule has 3 nitrogen and oxygen atoms in total. The van der Waals surface area contributed by atoms with Crippen molar-refractivity contribution in [3.05, 3.63) is 53.6 Å². The van der Waals surface area contributed by atoms with Crippen LogP contribution >= 0.6 is 12.2 Å². The van der Waals surface area contributed by atoms with Gasteiger partial charge in [-0.1, -0.05) is 42.5 Å². The number of thiocarbonyl (C=S) groups is 1. The Labute approximate surface area is 113 Å². The molecule has 0 amide bonds. The summed E-state index contributed by atoms with van der Waals surface area (Å²) in [5.74, 6) is 0. The molecule has 0 saturated carbocycles. The fourth-order valence-corrected chi connectivity index (χ4v) is 2.23. The first-order valence-electron chi connectivity index (χ1n) is 5.93. The highest BCUT2D eigenvalue weighted by Crippen LogP contribution is 2.24. The number of imidazole rings is 1. The maximum atomic E-state index is 5.72. The maximum Gasteiger partial charge on any atom is 0.0957 e. The highest BCUT2D eigenvalue weighted by atomic mass is 32.1. The zero-order valence-electron chi connectivity index (χ0n) is 10.6. The van der Waals surface area contributed by atoms with Gasteiger partial charge in [0.05, 0.1) is 23.1 Å². The van der Waals surface area contributed by atoms with Crippen LogP contribution in [0.15, 0.2) is 36.7 Å². The van der Waals surface area contributed by atoms with Crippen LogP contribution in [0.2, 0.25) is 0 Å². The van der Waals surface area contributed by atoms with Gasteiger partial charge in [-0.25, -0.2) is 4.98 Å². The van der Waals surface area contributed by atoms with Crippen LogP contribution in [0.1, 0.15) is 29.4 Å². The molecule has 0 aliphatic rings. The summed E-state index contributed by atoms with van der Waals surface area (Å²) in [6.07, 6.45) is 2.51. The molecule has 2 rings (SSSR count). The van der Waals surface area contributed by atoms with E-state index >= 15 is 0 Å². The van der Waals surface area contributed by atoms with Gasteiger partial charge in [-0.15, -0.1) is 0 Å². The zero-order valence-corrected chi connectivity index (χ0v) is 11.4. The molecule has 0 bridgehead atoms. The third kappa shape index (κ3) is 2.59. The van der Waals surface area contributed by atoms with Gasteiger partial charge in [0.2, 0.25) is 0 Å². The molecule has 1 atom stereocenters. The van der Waals surface area contributed by atoms with Crippen molar-refractivity contribution in [1.82, 2.24) is 9.55 Å². The SMILES string of the molecule is Cc1ncn(C(CC(N)=S)c2ccccc2)c1C. The lowest BCUT2D eigenvalue weighted by Gasteiger charge is -2.20. The van der Waals surface area contributed by atoms with Crippen molar-refractivity contribution in [2.45, 2.75) is 26.3 Å². The van der Waals surface area contributed by atoms with Crippen LogP contribution in [0.4, 0.5) is 0 Å². The Kier molecular flexibility index (Phi) is 3.77. The van der Waals surface area contributed by atoms with Crippen LogP contribution in [0.25, 0.3) is 0 Å². The van der Waals surface area contributed by atoms with Gasteiger partial charge < -0.3 is 10.3 Å². The molecular formula is C14H17N3S. The monoisotopic (exact) mass is 259 g/mol. The normalized spacial score (nSPS) is 12.3. The number of hydrogen-bond donors (Lipinski definition) is 1. The van der Waals surface area contributed by atoms with E-state index in [1.54, 1.807) is 0 Å². The first-order chi connectivity index (χ1) is 8.59. The number of nitrogens with zero attached hydrogens (tertiary/aromatic N) is 2. The van der Waals surface area contributed by atoms with Crippen LogP contribution in [0.5, 0.6) is 0 Å². The third-order valence-electron chi connectivity index (χ3n) is 3.20. The van der Waals surface area contributed by atoms with Gasteiger partial charge in [0, 0.05) is 12.1 Å². The topological polar surface area (TPSA) is 43.8 Å². The van der Waals surface area contributed by atoms with Gasteiger partial charge in [0.1, 0.15) is 0 Å². The summed E-state index contributed by atoms with van der Waals surface area (Å²) in [6, 6.07) is 10.4. The van der Waals surface area contributed by atoms with E-state index in [2.05, 4.69) is 28.6 Å². The van der Waals surface area contributed by atoms with Crippen molar-refractivity contribution in [2.24, 2.45) is 5.73 Å². The highest BCUT2D eigenvalue weighted by molar-refractivity contribution is 7.80. The van der Waals surface area contributed by atoms with E-state index in [1.807, 2.05) is 31.5 Å². The summed E-state index contributed by atoms with van der Waals surface area (Å²) < 4.78 is 2.14. The van der Waals surface area contributed by atoms with E-state index < -0.39 is 0 Å². The molecule has 0 radical (unpaired) electrons. The number of aromatic nitrogens is 2. The van der Waals surface area contributed by atoms with Gasteiger partial charge in [-0.05, 0) is 19.4 Å². The average Bonchev–Trinajstić information content (AvgIpc) is 2.68. The fraction of sp³-hybridized carbons (Fsp3) is 0.286. The molecule has 0 aliphatic heterocycles. The van der Waals surface area contributed by atoms with Gasteiger partial charge in [-0.3, -0.25) is 0 Å². The second kappa shape index (κ2) is 5.31. The molecule has 94 valence electrons. The Morgan fingerprint density at radius 3 is 2.50 bits per heavy atom. The van der Waals surface area contributed by atoms with Gasteiger partial charge in [-0.2, -0.15) is 0 Å². The summed E-state index contributed by atoms with van der Waals surface area (Å²) >= 11 is 5.07. The second-order valence-electron chi connectivity index (χ2n) is 4.42. The smallest absolute Gasteiger partial charge is 0.0957 e. The highest BCUT2D eigenvalue weighted by Gasteiger charge is 2.17. The molecule has 1 aromatic carbocycles. The average molecular weight is 259 g/mol. The molecule has 0 aliphatic carbocycles. The zero-order chi connectivity index (χ0) is 13.1. The lowest BCUT2D eigenvalue weighted by atomic mass is 10.0. The Morgan fingerprint density at radius 2 is 2.00 bits per heavy atom. The molecule has 0 spiro atoms. The minimum absolute atomic E-state index is 0.130. The van der Waals surface area contributed by atoms with Gasteiger partial charge in [0.15, 0.2) is 0 Å². The Bertz CT molecular complexity index is 545. The van der Waals surface area contributed by atoms with E-state index in [9.17, 15) is 0 Å². The molecule has 1 aromatic heterocycles. The molecule has 18 heavy (non-hydrogen) atoms.